The van der Waals surface area contributed by atoms with Crippen LogP contribution in [0.2, 0.25) is 0 Å². The van der Waals surface area contributed by atoms with Crippen LogP contribution in [0.5, 0.6) is 0 Å². The summed E-state index contributed by atoms with van der Waals surface area (Å²) < 4.78 is 5.29. The van der Waals surface area contributed by atoms with E-state index in [1.807, 2.05) is 18.2 Å². The van der Waals surface area contributed by atoms with E-state index in [2.05, 4.69) is 11.8 Å². The fourth-order valence-corrected chi connectivity index (χ4v) is 3.11. The number of carbonyl (C=O) groups is 1. The van der Waals surface area contributed by atoms with Gasteiger partial charge in [-0.15, -0.1) is 0 Å². The number of carboxylic acid groups (broad SMARTS) is 1. The second kappa shape index (κ2) is 5.90. The fourth-order valence-electron chi connectivity index (χ4n) is 3.11. The Hall–Kier alpha value is -1.81. The van der Waals surface area contributed by atoms with Gasteiger partial charge in [0.25, 0.3) is 0 Å². The van der Waals surface area contributed by atoms with Gasteiger partial charge >= 0.3 is 5.97 Å². The van der Waals surface area contributed by atoms with Gasteiger partial charge < -0.3 is 9.52 Å². The highest BCUT2D eigenvalue weighted by Crippen LogP contribution is 2.24. The van der Waals surface area contributed by atoms with E-state index >= 15 is 0 Å². The standard InChI is InChI=1S/C17H21NO3/c1-2-12-5-7-18(8-6-12)11-13-3-4-15-14(9-13)10-16(21-15)17(19)20/h3-4,9-10,12H,2,5-8,11H2,1H3,(H,19,20). The molecule has 4 heteroatoms. The topological polar surface area (TPSA) is 53.7 Å². The molecule has 0 atom stereocenters. The van der Waals surface area contributed by atoms with E-state index in [1.165, 1.54) is 24.8 Å². The maximum atomic E-state index is 10.9. The van der Waals surface area contributed by atoms with E-state index in [1.54, 1.807) is 6.07 Å². The molecule has 21 heavy (non-hydrogen) atoms. The van der Waals surface area contributed by atoms with Crippen LogP contribution in [0, 0.1) is 5.92 Å². The lowest BCUT2D eigenvalue weighted by atomic mass is 9.94. The summed E-state index contributed by atoms with van der Waals surface area (Å²) in [7, 11) is 0. The largest absolute Gasteiger partial charge is 0.475 e. The Morgan fingerprint density at radius 2 is 2.10 bits per heavy atom. The second-order valence-electron chi connectivity index (χ2n) is 5.92. The van der Waals surface area contributed by atoms with Crippen molar-refractivity contribution in [1.29, 1.82) is 0 Å². The molecule has 0 aliphatic carbocycles. The monoisotopic (exact) mass is 287 g/mol. The van der Waals surface area contributed by atoms with Crippen molar-refractivity contribution >= 4 is 16.9 Å². The zero-order chi connectivity index (χ0) is 14.8. The molecule has 0 unspecified atom stereocenters. The number of likely N-dealkylation sites (tertiary alicyclic amines) is 1. The van der Waals surface area contributed by atoms with Gasteiger partial charge in [0.2, 0.25) is 5.76 Å². The van der Waals surface area contributed by atoms with E-state index in [9.17, 15) is 4.79 Å². The van der Waals surface area contributed by atoms with E-state index in [0.717, 1.165) is 30.9 Å². The van der Waals surface area contributed by atoms with Gasteiger partial charge in [-0.25, -0.2) is 4.79 Å². The third kappa shape index (κ3) is 3.10. The van der Waals surface area contributed by atoms with Crippen LogP contribution >= 0.6 is 0 Å². The Morgan fingerprint density at radius 3 is 2.76 bits per heavy atom. The maximum absolute atomic E-state index is 10.9. The molecule has 2 aromatic rings. The highest BCUT2D eigenvalue weighted by atomic mass is 16.4. The average Bonchev–Trinajstić information content (AvgIpc) is 2.91. The van der Waals surface area contributed by atoms with Gasteiger partial charge in [-0.2, -0.15) is 0 Å². The Morgan fingerprint density at radius 1 is 1.33 bits per heavy atom. The van der Waals surface area contributed by atoms with E-state index in [0.29, 0.717) is 5.58 Å². The van der Waals surface area contributed by atoms with Crippen LogP contribution in [-0.2, 0) is 6.54 Å². The molecular weight excluding hydrogens is 266 g/mol. The first kappa shape index (κ1) is 14.1. The predicted octanol–water partition coefficient (Wildman–Crippen LogP) is 3.75. The Kier molecular flexibility index (Phi) is 3.97. The number of nitrogens with zero attached hydrogens (tertiary/aromatic N) is 1. The van der Waals surface area contributed by atoms with Crippen molar-refractivity contribution in [3.05, 3.63) is 35.6 Å². The zero-order valence-electron chi connectivity index (χ0n) is 12.3. The molecule has 0 bridgehead atoms. The second-order valence-corrected chi connectivity index (χ2v) is 5.92. The van der Waals surface area contributed by atoms with Gasteiger partial charge in [-0.3, -0.25) is 4.90 Å². The predicted molar refractivity (Wildman–Crippen MR) is 81.5 cm³/mol. The molecular formula is C17H21NO3. The van der Waals surface area contributed by atoms with Crippen LogP contribution < -0.4 is 0 Å². The van der Waals surface area contributed by atoms with Crippen LogP contribution in [-0.4, -0.2) is 29.1 Å². The number of fused-ring (bicyclic) bond motifs is 1. The Labute approximate surface area is 124 Å². The van der Waals surface area contributed by atoms with E-state index in [-0.39, 0.29) is 5.76 Å². The van der Waals surface area contributed by atoms with Gasteiger partial charge in [0, 0.05) is 11.9 Å². The molecule has 1 aromatic heterocycles. The number of furan rings is 1. The molecule has 112 valence electrons. The molecule has 0 amide bonds. The normalized spacial score (nSPS) is 17.4. The summed E-state index contributed by atoms with van der Waals surface area (Å²) >= 11 is 0. The number of carboxylic acids is 1. The van der Waals surface area contributed by atoms with Crippen LogP contribution in [0.4, 0.5) is 0 Å². The summed E-state index contributed by atoms with van der Waals surface area (Å²) in [5, 5.41) is 9.83. The van der Waals surface area contributed by atoms with Crippen LogP contribution in [0.3, 0.4) is 0 Å². The summed E-state index contributed by atoms with van der Waals surface area (Å²) in [5.74, 6) is -0.129. The summed E-state index contributed by atoms with van der Waals surface area (Å²) in [6, 6.07) is 7.54. The van der Waals surface area contributed by atoms with Crippen LogP contribution in [0.25, 0.3) is 11.0 Å². The van der Waals surface area contributed by atoms with E-state index in [4.69, 9.17) is 9.52 Å². The lowest BCUT2D eigenvalue weighted by Crippen LogP contribution is -2.32. The minimum absolute atomic E-state index is 0.00547. The molecule has 0 spiro atoms. The Bertz CT molecular complexity index is 639. The molecule has 1 saturated heterocycles. The molecule has 3 rings (SSSR count). The van der Waals surface area contributed by atoms with Gasteiger partial charge in [0.1, 0.15) is 5.58 Å². The molecule has 1 aliphatic heterocycles. The molecule has 4 nitrogen and oxygen atoms in total. The highest BCUT2D eigenvalue weighted by Gasteiger charge is 2.18. The van der Waals surface area contributed by atoms with Gasteiger partial charge in [0.15, 0.2) is 0 Å². The first-order valence-electron chi connectivity index (χ1n) is 7.64. The fraction of sp³-hybridized carbons (Fsp3) is 0.471. The molecule has 1 fully saturated rings. The number of aromatic carboxylic acids is 1. The first-order chi connectivity index (χ1) is 10.2. The smallest absolute Gasteiger partial charge is 0.371 e. The molecule has 0 radical (unpaired) electrons. The Balaban J connectivity index is 1.71. The first-order valence-corrected chi connectivity index (χ1v) is 7.64. The lowest BCUT2D eigenvalue weighted by molar-refractivity contribution is 0.0665. The average molecular weight is 287 g/mol. The molecule has 0 saturated carbocycles. The number of hydrogen-bond donors (Lipinski definition) is 1. The van der Waals surface area contributed by atoms with Crippen molar-refractivity contribution in [3.63, 3.8) is 0 Å². The van der Waals surface area contributed by atoms with Gasteiger partial charge in [0.05, 0.1) is 0 Å². The molecule has 2 heterocycles. The van der Waals surface area contributed by atoms with Crippen molar-refractivity contribution in [2.45, 2.75) is 32.7 Å². The zero-order valence-corrected chi connectivity index (χ0v) is 12.3. The third-order valence-corrected chi connectivity index (χ3v) is 4.48. The van der Waals surface area contributed by atoms with Crippen molar-refractivity contribution in [2.75, 3.05) is 13.1 Å². The van der Waals surface area contributed by atoms with Crippen molar-refractivity contribution < 1.29 is 14.3 Å². The minimum Gasteiger partial charge on any atom is -0.475 e. The van der Waals surface area contributed by atoms with Crippen molar-refractivity contribution in [1.82, 2.24) is 4.90 Å². The summed E-state index contributed by atoms with van der Waals surface area (Å²) in [5.41, 5.74) is 1.86. The van der Waals surface area contributed by atoms with Gasteiger partial charge in [-0.05, 0) is 55.6 Å². The summed E-state index contributed by atoms with van der Waals surface area (Å²) in [6.07, 6.45) is 3.86. The minimum atomic E-state index is -1.02. The lowest BCUT2D eigenvalue weighted by Gasteiger charge is -2.31. The molecule has 1 aromatic carbocycles. The molecule has 1 N–H and O–H groups in total. The van der Waals surface area contributed by atoms with Crippen molar-refractivity contribution in [2.24, 2.45) is 5.92 Å². The van der Waals surface area contributed by atoms with Crippen LogP contribution in [0.1, 0.15) is 42.3 Å². The number of hydrogen-bond acceptors (Lipinski definition) is 3. The number of benzene rings is 1. The summed E-state index contributed by atoms with van der Waals surface area (Å²) in [4.78, 5) is 13.4. The summed E-state index contributed by atoms with van der Waals surface area (Å²) in [6.45, 7) is 5.51. The van der Waals surface area contributed by atoms with Crippen molar-refractivity contribution in [3.8, 4) is 0 Å². The van der Waals surface area contributed by atoms with Crippen LogP contribution in [0.15, 0.2) is 28.7 Å². The molecule has 1 aliphatic rings. The highest BCUT2D eigenvalue weighted by molar-refractivity contribution is 5.91. The number of piperidine rings is 1. The van der Waals surface area contributed by atoms with Gasteiger partial charge in [-0.1, -0.05) is 19.4 Å². The van der Waals surface area contributed by atoms with E-state index < -0.39 is 5.97 Å². The number of rotatable bonds is 4. The SMILES string of the molecule is CCC1CCN(Cc2ccc3oc(C(=O)O)cc3c2)CC1. The third-order valence-electron chi connectivity index (χ3n) is 4.48. The quantitative estimate of drug-likeness (QED) is 0.930. The maximum Gasteiger partial charge on any atom is 0.371 e.